The van der Waals surface area contributed by atoms with Crippen LogP contribution in [-0.2, 0) is 0 Å². The summed E-state index contributed by atoms with van der Waals surface area (Å²) in [6, 6.07) is 0.000558. The van der Waals surface area contributed by atoms with E-state index in [1.807, 2.05) is 13.8 Å². The quantitative estimate of drug-likeness (QED) is 0.816. The molecule has 5 nitrogen and oxygen atoms in total. The number of halogens is 1. The molecule has 1 amide bonds. The van der Waals surface area contributed by atoms with Crippen LogP contribution in [0.5, 0.6) is 0 Å². The van der Waals surface area contributed by atoms with Gasteiger partial charge in [0, 0.05) is 18.8 Å². The van der Waals surface area contributed by atoms with Crippen LogP contribution in [0.2, 0.25) is 0 Å². The Hall–Kier alpha value is -1.20. The number of hydrogen-bond donors (Lipinski definition) is 2. The number of rotatable bonds is 4. The number of nitrogens with zero attached hydrogens (tertiary/aromatic N) is 2. The highest BCUT2D eigenvalue weighted by Gasteiger charge is 2.11. The van der Waals surface area contributed by atoms with Crippen LogP contribution < -0.4 is 11.1 Å². The van der Waals surface area contributed by atoms with Crippen molar-refractivity contribution < 1.29 is 4.79 Å². The van der Waals surface area contributed by atoms with E-state index in [2.05, 4.69) is 15.3 Å². The van der Waals surface area contributed by atoms with Gasteiger partial charge >= 0.3 is 0 Å². The van der Waals surface area contributed by atoms with Gasteiger partial charge in [-0.25, -0.2) is 4.98 Å². The van der Waals surface area contributed by atoms with Crippen molar-refractivity contribution in [3.63, 3.8) is 0 Å². The van der Waals surface area contributed by atoms with Gasteiger partial charge in [-0.2, -0.15) is 0 Å². The van der Waals surface area contributed by atoms with Crippen molar-refractivity contribution >= 4 is 18.3 Å². The predicted octanol–water partition coefficient (Wildman–Crippen LogP) is 0.674. The van der Waals surface area contributed by atoms with Crippen molar-refractivity contribution in [2.24, 2.45) is 5.73 Å². The summed E-state index contributed by atoms with van der Waals surface area (Å²) in [6.45, 7) is 4.23. The summed E-state index contributed by atoms with van der Waals surface area (Å²) in [6.07, 6.45) is 3.84. The van der Waals surface area contributed by atoms with Crippen LogP contribution in [0.4, 0.5) is 0 Å². The normalized spacial score (nSPS) is 11.4. The zero-order chi connectivity index (χ0) is 11.3. The largest absolute Gasteiger partial charge is 0.347 e. The molecule has 1 unspecified atom stereocenters. The molecule has 0 bridgehead atoms. The average Bonchev–Trinajstić information content (AvgIpc) is 2.26. The fraction of sp³-hybridized carbons (Fsp3) is 0.500. The van der Waals surface area contributed by atoms with Gasteiger partial charge in [0.2, 0.25) is 0 Å². The molecule has 0 fully saturated rings. The Kier molecular flexibility index (Phi) is 6.60. The Morgan fingerprint density at radius 1 is 1.50 bits per heavy atom. The lowest BCUT2D eigenvalue weighted by Gasteiger charge is -2.13. The topological polar surface area (TPSA) is 80.9 Å². The van der Waals surface area contributed by atoms with Crippen molar-refractivity contribution in [3.05, 3.63) is 23.8 Å². The summed E-state index contributed by atoms with van der Waals surface area (Å²) in [7, 11) is 0. The maximum atomic E-state index is 11.6. The molecule has 1 aromatic rings. The second-order valence-corrected chi connectivity index (χ2v) is 3.36. The summed E-state index contributed by atoms with van der Waals surface area (Å²) in [5.41, 5.74) is 6.60. The average molecular weight is 245 g/mol. The van der Waals surface area contributed by atoms with Crippen molar-refractivity contribution in [3.8, 4) is 0 Å². The lowest BCUT2D eigenvalue weighted by atomic mass is 10.2. The Bertz CT molecular complexity index is 324. The second kappa shape index (κ2) is 7.14. The molecule has 0 saturated heterocycles. The maximum Gasteiger partial charge on any atom is 0.271 e. The third-order valence-electron chi connectivity index (χ3n) is 2.13. The fourth-order valence-corrected chi connectivity index (χ4v) is 1.10. The molecular formula is C10H17ClN4O. The van der Waals surface area contributed by atoms with Gasteiger partial charge in [0.1, 0.15) is 5.69 Å². The molecule has 0 saturated carbocycles. The van der Waals surface area contributed by atoms with Crippen LogP contribution in [-0.4, -0.2) is 28.5 Å². The standard InChI is InChI=1S/C10H16N4O.ClH/c1-3-8(4-11)14-10(15)9-6-12-7(2)5-13-9;/h5-6,8H,3-4,11H2,1-2H3,(H,14,15);1H. The molecule has 1 atom stereocenters. The fourth-order valence-electron chi connectivity index (χ4n) is 1.10. The molecule has 1 heterocycles. The van der Waals surface area contributed by atoms with E-state index >= 15 is 0 Å². The molecule has 0 aromatic carbocycles. The third-order valence-corrected chi connectivity index (χ3v) is 2.13. The summed E-state index contributed by atoms with van der Waals surface area (Å²) >= 11 is 0. The van der Waals surface area contributed by atoms with Gasteiger partial charge in [-0.1, -0.05) is 6.92 Å². The third kappa shape index (κ3) is 4.12. The molecule has 0 aliphatic heterocycles. The first-order valence-corrected chi connectivity index (χ1v) is 4.97. The highest BCUT2D eigenvalue weighted by Crippen LogP contribution is 1.96. The van der Waals surface area contributed by atoms with E-state index < -0.39 is 0 Å². The zero-order valence-electron chi connectivity index (χ0n) is 9.43. The minimum absolute atomic E-state index is 0. The van der Waals surface area contributed by atoms with Crippen LogP contribution in [0, 0.1) is 6.92 Å². The Balaban J connectivity index is 0.00000225. The first-order chi connectivity index (χ1) is 7.17. The van der Waals surface area contributed by atoms with Crippen molar-refractivity contribution in [1.29, 1.82) is 0 Å². The van der Waals surface area contributed by atoms with Gasteiger partial charge < -0.3 is 11.1 Å². The number of hydrogen-bond acceptors (Lipinski definition) is 4. The summed E-state index contributed by atoms with van der Waals surface area (Å²) in [4.78, 5) is 19.6. The minimum atomic E-state index is -0.222. The highest BCUT2D eigenvalue weighted by atomic mass is 35.5. The molecule has 90 valence electrons. The van der Waals surface area contributed by atoms with Gasteiger partial charge in [0.15, 0.2) is 0 Å². The van der Waals surface area contributed by atoms with Crippen molar-refractivity contribution in [2.45, 2.75) is 26.3 Å². The van der Waals surface area contributed by atoms with E-state index in [0.29, 0.717) is 12.2 Å². The number of nitrogens with one attached hydrogen (secondary N) is 1. The summed E-state index contributed by atoms with van der Waals surface area (Å²) in [5, 5.41) is 2.79. The predicted molar refractivity (Wildman–Crippen MR) is 64.6 cm³/mol. The van der Waals surface area contributed by atoms with E-state index in [9.17, 15) is 4.79 Å². The number of aryl methyl sites for hydroxylation is 1. The summed E-state index contributed by atoms with van der Waals surface area (Å²) in [5.74, 6) is -0.222. The summed E-state index contributed by atoms with van der Waals surface area (Å²) < 4.78 is 0. The van der Waals surface area contributed by atoms with Crippen LogP contribution in [0.15, 0.2) is 12.4 Å². The molecule has 1 rings (SSSR count). The van der Waals surface area contributed by atoms with E-state index in [1.165, 1.54) is 6.20 Å². The molecule has 0 aliphatic rings. The number of amides is 1. The zero-order valence-corrected chi connectivity index (χ0v) is 10.3. The van der Waals surface area contributed by atoms with Crippen LogP contribution in [0.3, 0.4) is 0 Å². The van der Waals surface area contributed by atoms with Gasteiger partial charge in [0.05, 0.1) is 11.9 Å². The second-order valence-electron chi connectivity index (χ2n) is 3.36. The van der Waals surface area contributed by atoms with E-state index in [0.717, 1.165) is 12.1 Å². The first kappa shape index (κ1) is 14.8. The first-order valence-electron chi connectivity index (χ1n) is 4.97. The van der Waals surface area contributed by atoms with Gasteiger partial charge in [-0.05, 0) is 13.3 Å². The van der Waals surface area contributed by atoms with E-state index in [-0.39, 0.29) is 24.4 Å². The lowest BCUT2D eigenvalue weighted by Crippen LogP contribution is -2.40. The van der Waals surface area contributed by atoms with Crippen molar-refractivity contribution in [1.82, 2.24) is 15.3 Å². The van der Waals surface area contributed by atoms with Gasteiger partial charge in [-0.15, -0.1) is 12.4 Å². The van der Waals surface area contributed by atoms with Crippen LogP contribution in [0.25, 0.3) is 0 Å². The highest BCUT2D eigenvalue weighted by molar-refractivity contribution is 5.92. The van der Waals surface area contributed by atoms with Gasteiger partial charge in [0.25, 0.3) is 5.91 Å². The van der Waals surface area contributed by atoms with Crippen molar-refractivity contribution in [2.75, 3.05) is 6.54 Å². The smallest absolute Gasteiger partial charge is 0.271 e. The number of nitrogens with two attached hydrogens (primary N) is 1. The molecule has 3 N–H and O–H groups in total. The molecule has 0 aliphatic carbocycles. The Morgan fingerprint density at radius 3 is 2.62 bits per heavy atom. The van der Waals surface area contributed by atoms with E-state index in [1.54, 1.807) is 6.20 Å². The Labute approximate surface area is 101 Å². The minimum Gasteiger partial charge on any atom is -0.347 e. The molecule has 6 heteroatoms. The van der Waals surface area contributed by atoms with Crippen LogP contribution in [0.1, 0.15) is 29.5 Å². The Morgan fingerprint density at radius 2 is 2.19 bits per heavy atom. The van der Waals surface area contributed by atoms with Crippen LogP contribution >= 0.6 is 12.4 Å². The van der Waals surface area contributed by atoms with E-state index in [4.69, 9.17) is 5.73 Å². The molecular weight excluding hydrogens is 228 g/mol. The molecule has 0 spiro atoms. The monoisotopic (exact) mass is 244 g/mol. The molecule has 1 aromatic heterocycles. The number of carbonyl (C=O) groups is 1. The number of carbonyl (C=O) groups excluding carboxylic acids is 1. The number of aromatic nitrogens is 2. The lowest BCUT2D eigenvalue weighted by molar-refractivity contribution is 0.0931. The maximum absolute atomic E-state index is 11.6. The van der Waals surface area contributed by atoms with Gasteiger partial charge in [-0.3, -0.25) is 9.78 Å². The molecule has 16 heavy (non-hydrogen) atoms. The SMILES string of the molecule is CCC(CN)NC(=O)c1cnc(C)cn1.Cl. The molecule has 0 radical (unpaired) electrons.